The summed E-state index contributed by atoms with van der Waals surface area (Å²) < 4.78 is 26.1. The molecule has 0 aromatic heterocycles. The molecule has 2 aliphatic heterocycles. The molecule has 0 aliphatic carbocycles. The third kappa shape index (κ3) is 7.26. The Kier molecular flexibility index (Phi) is 10.4. The summed E-state index contributed by atoms with van der Waals surface area (Å²) in [6.45, 7) is -0.912. The average molecular weight is 571 g/mol. The molecule has 1 saturated heterocycles. The van der Waals surface area contributed by atoms with Gasteiger partial charge in [0.15, 0.2) is 17.8 Å². The molecule has 0 bridgehead atoms. The van der Waals surface area contributed by atoms with Crippen molar-refractivity contribution >= 4 is 17.9 Å². The van der Waals surface area contributed by atoms with E-state index in [1.165, 1.54) is 18.2 Å². The van der Waals surface area contributed by atoms with E-state index >= 15 is 0 Å². The Balaban J connectivity index is 1.80. The quantitative estimate of drug-likeness (QED) is 0.0955. The predicted molar refractivity (Wildman–Crippen MR) is 128 cm³/mol. The van der Waals surface area contributed by atoms with Gasteiger partial charge in [-0.15, -0.1) is 0 Å². The van der Waals surface area contributed by atoms with Gasteiger partial charge in [-0.25, -0.2) is 9.59 Å². The van der Waals surface area contributed by atoms with E-state index in [9.17, 15) is 50.1 Å². The number of methoxy groups -OCH3 is 1. The van der Waals surface area contributed by atoms with Crippen molar-refractivity contribution in [1.82, 2.24) is 0 Å². The predicted octanol–water partition coefficient (Wildman–Crippen LogP) is -1.57. The molecule has 220 valence electrons. The monoisotopic (exact) mass is 570 g/mol. The van der Waals surface area contributed by atoms with Crippen molar-refractivity contribution in [3.05, 3.63) is 47.2 Å². The number of hydrogen-bond acceptors (Lipinski definition) is 14. The standard InChI is InChI=1S/C25H30O15/c1-36-23(35)14-10-38-24(40-25-22(34)21(33)20(32)17(9-26)39-25)13(7-18(29)30)12(14)8-19(31)37-5-4-11-2-3-15(27)16(28)6-11/h2-3,6-7,10,12,17,20-22,24-28,32-34H,4-5,8-9H2,1H3,(H,29,30)/b13-7-. The smallest absolute Gasteiger partial charge is 0.337 e. The van der Waals surface area contributed by atoms with Crippen LogP contribution in [0.2, 0.25) is 0 Å². The first-order chi connectivity index (χ1) is 19.0. The van der Waals surface area contributed by atoms with Gasteiger partial charge in [0.05, 0.1) is 38.6 Å². The maximum atomic E-state index is 12.7. The molecule has 15 heteroatoms. The van der Waals surface area contributed by atoms with Crippen LogP contribution >= 0.6 is 0 Å². The molecule has 7 atom stereocenters. The lowest BCUT2D eigenvalue weighted by atomic mass is 9.86. The molecule has 1 aromatic rings. The molecule has 0 amide bonds. The van der Waals surface area contributed by atoms with Crippen LogP contribution in [0.4, 0.5) is 0 Å². The van der Waals surface area contributed by atoms with Gasteiger partial charge in [0.1, 0.15) is 24.4 Å². The molecule has 0 saturated carbocycles. The Labute approximate surface area is 227 Å². The van der Waals surface area contributed by atoms with Gasteiger partial charge in [0.25, 0.3) is 0 Å². The summed E-state index contributed by atoms with van der Waals surface area (Å²) in [4.78, 5) is 36.8. The second-order valence-electron chi connectivity index (χ2n) is 8.90. The van der Waals surface area contributed by atoms with Crippen LogP contribution in [0.25, 0.3) is 0 Å². The summed E-state index contributed by atoms with van der Waals surface area (Å²) in [6.07, 6.45) is -8.94. The Hall–Kier alpha value is -3.73. The molecule has 15 nitrogen and oxygen atoms in total. The zero-order valence-electron chi connectivity index (χ0n) is 21.2. The second kappa shape index (κ2) is 13.6. The lowest BCUT2D eigenvalue weighted by Crippen LogP contribution is -2.60. The number of carboxylic acids is 1. The molecular weight excluding hydrogens is 540 g/mol. The Morgan fingerprint density at radius 1 is 1.05 bits per heavy atom. The summed E-state index contributed by atoms with van der Waals surface area (Å²) in [6, 6.07) is 4.06. The van der Waals surface area contributed by atoms with E-state index < -0.39 is 73.8 Å². The number of carboxylic acid groups (broad SMARTS) is 1. The average Bonchev–Trinajstić information content (AvgIpc) is 2.92. The molecule has 0 spiro atoms. The first kappa shape index (κ1) is 30.8. The van der Waals surface area contributed by atoms with Crippen molar-refractivity contribution in [3.8, 4) is 11.5 Å². The van der Waals surface area contributed by atoms with E-state index in [1.807, 2.05) is 0 Å². The number of hydrogen-bond donors (Lipinski definition) is 7. The molecule has 0 radical (unpaired) electrons. The Morgan fingerprint density at radius 2 is 1.77 bits per heavy atom. The van der Waals surface area contributed by atoms with Crippen LogP contribution in [0.3, 0.4) is 0 Å². The number of esters is 2. The Morgan fingerprint density at radius 3 is 2.40 bits per heavy atom. The number of aliphatic carboxylic acids is 1. The van der Waals surface area contributed by atoms with E-state index in [4.69, 9.17) is 23.7 Å². The van der Waals surface area contributed by atoms with Crippen molar-refractivity contribution in [2.45, 2.75) is 49.8 Å². The van der Waals surface area contributed by atoms with Crippen molar-refractivity contribution in [2.75, 3.05) is 20.3 Å². The fourth-order valence-electron chi connectivity index (χ4n) is 4.13. The number of carbonyl (C=O) groups is 3. The van der Waals surface area contributed by atoms with Gasteiger partial charge >= 0.3 is 17.9 Å². The van der Waals surface area contributed by atoms with Crippen molar-refractivity contribution < 1.29 is 73.8 Å². The minimum absolute atomic E-state index is 0.160. The van der Waals surface area contributed by atoms with Gasteiger partial charge in [0.2, 0.25) is 6.29 Å². The van der Waals surface area contributed by atoms with Crippen LogP contribution in [0, 0.1) is 5.92 Å². The van der Waals surface area contributed by atoms with Crippen LogP contribution in [-0.4, -0.2) is 111 Å². The maximum absolute atomic E-state index is 12.7. The highest BCUT2D eigenvalue weighted by Crippen LogP contribution is 2.36. The van der Waals surface area contributed by atoms with E-state index in [1.54, 1.807) is 0 Å². The summed E-state index contributed by atoms with van der Waals surface area (Å²) in [5.74, 6) is -5.27. The zero-order chi connectivity index (χ0) is 29.6. The molecular formula is C25H30O15. The van der Waals surface area contributed by atoms with E-state index in [2.05, 4.69) is 0 Å². The van der Waals surface area contributed by atoms with Crippen LogP contribution in [-0.2, 0) is 44.5 Å². The molecule has 40 heavy (non-hydrogen) atoms. The summed E-state index contributed by atoms with van der Waals surface area (Å²) in [7, 11) is 1.06. The fraction of sp³-hybridized carbons (Fsp3) is 0.480. The van der Waals surface area contributed by atoms with Crippen LogP contribution in [0.5, 0.6) is 11.5 Å². The maximum Gasteiger partial charge on any atom is 0.337 e. The third-order valence-electron chi connectivity index (χ3n) is 6.25. The highest BCUT2D eigenvalue weighted by molar-refractivity contribution is 5.91. The van der Waals surface area contributed by atoms with Crippen molar-refractivity contribution in [2.24, 2.45) is 5.92 Å². The lowest BCUT2D eigenvalue weighted by molar-refractivity contribution is -0.327. The van der Waals surface area contributed by atoms with Gasteiger partial charge in [-0.1, -0.05) is 6.07 Å². The first-order valence-corrected chi connectivity index (χ1v) is 12.0. The lowest BCUT2D eigenvalue weighted by Gasteiger charge is -2.41. The molecule has 1 aromatic carbocycles. The number of phenols is 2. The van der Waals surface area contributed by atoms with Crippen molar-refractivity contribution in [1.29, 1.82) is 0 Å². The number of carbonyl (C=O) groups excluding carboxylic acids is 2. The van der Waals surface area contributed by atoms with Gasteiger partial charge < -0.3 is 59.4 Å². The number of ether oxygens (including phenoxy) is 5. The minimum atomic E-state index is -1.85. The zero-order valence-corrected chi connectivity index (χ0v) is 21.2. The number of rotatable bonds is 10. The van der Waals surface area contributed by atoms with Crippen LogP contribution < -0.4 is 0 Å². The van der Waals surface area contributed by atoms with Gasteiger partial charge in [0, 0.05) is 24.0 Å². The topological polar surface area (TPSA) is 239 Å². The number of benzene rings is 1. The second-order valence-corrected chi connectivity index (χ2v) is 8.90. The van der Waals surface area contributed by atoms with E-state index in [-0.39, 0.29) is 35.7 Å². The normalized spacial score (nSPS) is 29.3. The van der Waals surface area contributed by atoms with Gasteiger partial charge in [-0.05, 0) is 17.7 Å². The third-order valence-corrected chi connectivity index (χ3v) is 6.25. The van der Waals surface area contributed by atoms with Crippen molar-refractivity contribution in [3.63, 3.8) is 0 Å². The fourth-order valence-corrected chi connectivity index (χ4v) is 4.13. The Bertz CT molecular complexity index is 1140. The number of aliphatic hydroxyl groups excluding tert-OH is 4. The van der Waals surface area contributed by atoms with E-state index in [0.717, 1.165) is 13.4 Å². The van der Waals surface area contributed by atoms with Crippen LogP contribution in [0.1, 0.15) is 12.0 Å². The molecule has 2 heterocycles. The molecule has 7 N–H and O–H groups in total. The number of phenolic OH excluding ortho intramolecular Hbond substituents is 2. The van der Waals surface area contributed by atoms with Gasteiger partial charge in [-0.3, -0.25) is 4.79 Å². The number of aliphatic hydroxyl groups is 4. The first-order valence-electron chi connectivity index (χ1n) is 12.0. The molecule has 1 fully saturated rings. The summed E-state index contributed by atoms with van der Waals surface area (Å²) in [5.41, 5.74) is 0.0283. The SMILES string of the molecule is COC(=O)C1=COC(OC2OC(CO)C(O)C(O)C2O)/C(=C\C(=O)O)C1CC(=O)OCCc1ccc(O)c(O)c1. The van der Waals surface area contributed by atoms with Crippen LogP contribution in [0.15, 0.2) is 41.7 Å². The van der Waals surface area contributed by atoms with Gasteiger partial charge in [-0.2, -0.15) is 0 Å². The number of aromatic hydroxyl groups is 2. The van der Waals surface area contributed by atoms with E-state index in [0.29, 0.717) is 11.6 Å². The molecule has 2 aliphatic rings. The summed E-state index contributed by atoms with van der Waals surface area (Å²) in [5, 5.41) is 68.2. The minimum Gasteiger partial charge on any atom is -0.504 e. The largest absolute Gasteiger partial charge is 0.504 e. The highest BCUT2D eigenvalue weighted by atomic mass is 16.8. The molecule has 7 unspecified atom stereocenters. The highest BCUT2D eigenvalue weighted by Gasteiger charge is 2.47. The summed E-state index contributed by atoms with van der Waals surface area (Å²) >= 11 is 0. The molecule has 3 rings (SSSR count).